The van der Waals surface area contributed by atoms with Crippen LogP contribution in [0.2, 0.25) is 0 Å². The van der Waals surface area contributed by atoms with Gasteiger partial charge >= 0.3 is 0 Å². The Bertz CT molecular complexity index is 318. The zero-order valence-corrected chi connectivity index (χ0v) is 9.66. The van der Waals surface area contributed by atoms with Crippen LogP contribution in [0.4, 0.5) is 5.69 Å². The highest BCUT2D eigenvalue weighted by atomic mass is 15.2. The molecule has 1 aliphatic rings. The molecule has 1 aromatic rings. The standard InChI is InChI=1S/C13H20N2/c1-3-12(14-2)10-15-9-8-11-6-4-5-7-13(11)15/h4-7,12,14H,3,8-10H2,1-2H3. The van der Waals surface area contributed by atoms with E-state index in [-0.39, 0.29) is 0 Å². The highest BCUT2D eigenvalue weighted by Gasteiger charge is 2.19. The van der Waals surface area contributed by atoms with Gasteiger partial charge in [0.05, 0.1) is 0 Å². The molecule has 0 spiro atoms. The summed E-state index contributed by atoms with van der Waals surface area (Å²) in [4.78, 5) is 2.50. The number of rotatable bonds is 4. The van der Waals surface area contributed by atoms with Crippen molar-refractivity contribution >= 4 is 5.69 Å². The van der Waals surface area contributed by atoms with Crippen molar-refractivity contribution in [2.45, 2.75) is 25.8 Å². The summed E-state index contributed by atoms with van der Waals surface area (Å²) in [6, 6.07) is 9.37. The Hall–Kier alpha value is -1.02. The number of benzene rings is 1. The Labute approximate surface area is 92.3 Å². The number of nitrogens with one attached hydrogen (secondary N) is 1. The smallest absolute Gasteiger partial charge is 0.0400 e. The molecular formula is C13H20N2. The lowest BCUT2D eigenvalue weighted by molar-refractivity contribution is 0.537. The van der Waals surface area contributed by atoms with Gasteiger partial charge in [-0.2, -0.15) is 0 Å². The Morgan fingerprint density at radius 1 is 1.40 bits per heavy atom. The molecule has 82 valence electrons. The topological polar surface area (TPSA) is 15.3 Å². The van der Waals surface area contributed by atoms with Crippen LogP contribution in [0.25, 0.3) is 0 Å². The van der Waals surface area contributed by atoms with Gasteiger partial charge in [-0.15, -0.1) is 0 Å². The number of hydrogen-bond acceptors (Lipinski definition) is 2. The molecule has 1 aromatic carbocycles. The van der Waals surface area contributed by atoms with E-state index in [1.165, 1.54) is 30.6 Å². The maximum absolute atomic E-state index is 3.37. The molecule has 2 heteroatoms. The second-order valence-corrected chi connectivity index (χ2v) is 4.22. The largest absolute Gasteiger partial charge is 0.369 e. The van der Waals surface area contributed by atoms with Gasteiger partial charge in [0, 0.05) is 24.8 Å². The van der Waals surface area contributed by atoms with Gasteiger partial charge in [0.25, 0.3) is 0 Å². The maximum atomic E-state index is 3.37. The van der Waals surface area contributed by atoms with Gasteiger partial charge < -0.3 is 10.2 Å². The maximum Gasteiger partial charge on any atom is 0.0400 e. The minimum Gasteiger partial charge on any atom is -0.369 e. The molecule has 2 nitrogen and oxygen atoms in total. The number of para-hydroxylation sites is 1. The first-order chi connectivity index (χ1) is 7.35. The van der Waals surface area contributed by atoms with Gasteiger partial charge in [-0.05, 0) is 31.5 Å². The quantitative estimate of drug-likeness (QED) is 0.807. The molecular weight excluding hydrogens is 184 g/mol. The summed E-state index contributed by atoms with van der Waals surface area (Å²) in [5, 5.41) is 3.37. The monoisotopic (exact) mass is 204 g/mol. The molecule has 0 aromatic heterocycles. The van der Waals surface area contributed by atoms with Crippen molar-refractivity contribution in [1.82, 2.24) is 5.32 Å². The number of nitrogens with zero attached hydrogens (tertiary/aromatic N) is 1. The van der Waals surface area contributed by atoms with Crippen molar-refractivity contribution in [3.8, 4) is 0 Å². The van der Waals surface area contributed by atoms with E-state index in [1.807, 2.05) is 0 Å². The van der Waals surface area contributed by atoms with Crippen molar-refractivity contribution in [1.29, 1.82) is 0 Å². The fourth-order valence-corrected chi connectivity index (χ4v) is 2.29. The summed E-state index contributed by atoms with van der Waals surface area (Å²) in [6.45, 7) is 4.55. The van der Waals surface area contributed by atoms with Gasteiger partial charge in [-0.25, -0.2) is 0 Å². The molecule has 0 amide bonds. The van der Waals surface area contributed by atoms with Crippen molar-refractivity contribution in [3.63, 3.8) is 0 Å². The second kappa shape index (κ2) is 4.67. The van der Waals surface area contributed by atoms with Gasteiger partial charge in [0.2, 0.25) is 0 Å². The van der Waals surface area contributed by atoms with Gasteiger partial charge in [-0.3, -0.25) is 0 Å². The van der Waals surface area contributed by atoms with Crippen LogP contribution in [-0.4, -0.2) is 26.2 Å². The first kappa shape index (κ1) is 10.5. The predicted molar refractivity (Wildman–Crippen MR) is 65.5 cm³/mol. The third-order valence-corrected chi connectivity index (χ3v) is 3.33. The minimum atomic E-state index is 0.608. The van der Waals surface area contributed by atoms with Crippen LogP contribution in [0.5, 0.6) is 0 Å². The molecule has 1 atom stereocenters. The second-order valence-electron chi connectivity index (χ2n) is 4.22. The van der Waals surface area contributed by atoms with E-state index in [9.17, 15) is 0 Å². The Morgan fingerprint density at radius 3 is 2.93 bits per heavy atom. The van der Waals surface area contributed by atoms with Crippen LogP contribution in [-0.2, 0) is 6.42 Å². The molecule has 1 aliphatic heterocycles. The molecule has 0 saturated heterocycles. The highest BCUT2D eigenvalue weighted by Crippen LogP contribution is 2.27. The molecule has 0 bridgehead atoms. The van der Waals surface area contributed by atoms with E-state index in [0.29, 0.717) is 6.04 Å². The summed E-state index contributed by atoms with van der Waals surface area (Å²) in [6.07, 6.45) is 2.39. The van der Waals surface area contributed by atoms with Crippen LogP contribution in [0.1, 0.15) is 18.9 Å². The molecule has 1 heterocycles. The number of hydrogen-bond donors (Lipinski definition) is 1. The Kier molecular flexibility index (Phi) is 3.27. The van der Waals surface area contributed by atoms with Gasteiger partial charge in [0.15, 0.2) is 0 Å². The predicted octanol–water partition coefficient (Wildman–Crippen LogP) is 2.05. The van der Waals surface area contributed by atoms with Crippen molar-refractivity contribution in [2.24, 2.45) is 0 Å². The van der Waals surface area contributed by atoms with E-state index in [4.69, 9.17) is 0 Å². The SMILES string of the molecule is CCC(CN1CCc2ccccc21)NC. The average molecular weight is 204 g/mol. The van der Waals surface area contributed by atoms with E-state index < -0.39 is 0 Å². The minimum absolute atomic E-state index is 0.608. The third-order valence-electron chi connectivity index (χ3n) is 3.33. The molecule has 1 N–H and O–H groups in total. The first-order valence-corrected chi connectivity index (χ1v) is 5.85. The molecule has 0 aliphatic carbocycles. The molecule has 15 heavy (non-hydrogen) atoms. The van der Waals surface area contributed by atoms with Crippen LogP contribution in [0.15, 0.2) is 24.3 Å². The van der Waals surface area contributed by atoms with Gasteiger partial charge in [0.1, 0.15) is 0 Å². The Balaban J connectivity index is 2.07. The van der Waals surface area contributed by atoms with Crippen LogP contribution in [0, 0.1) is 0 Å². The summed E-state index contributed by atoms with van der Waals surface area (Å²) in [5.74, 6) is 0. The summed E-state index contributed by atoms with van der Waals surface area (Å²) in [7, 11) is 2.05. The molecule has 1 unspecified atom stereocenters. The Morgan fingerprint density at radius 2 is 2.20 bits per heavy atom. The number of anilines is 1. The average Bonchev–Trinajstić information content (AvgIpc) is 2.69. The fourth-order valence-electron chi connectivity index (χ4n) is 2.29. The van der Waals surface area contributed by atoms with E-state index in [1.54, 1.807) is 0 Å². The molecule has 0 fully saturated rings. The summed E-state index contributed by atoms with van der Waals surface area (Å²) < 4.78 is 0. The molecule has 2 rings (SSSR count). The van der Waals surface area contributed by atoms with E-state index in [0.717, 1.165) is 6.54 Å². The summed E-state index contributed by atoms with van der Waals surface area (Å²) >= 11 is 0. The number of likely N-dealkylation sites (N-methyl/N-ethyl adjacent to an activating group) is 1. The number of fused-ring (bicyclic) bond motifs is 1. The third kappa shape index (κ3) is 2.15. The van der Waals surface area contributed by atoms with E-state index >= 15 is 0 Å². The van der Waals surface area contributed by atoms with E-state index in [2.05, 4.69) is 48.5 Å². The van der Waals surface area contributed by atoms with Gasteiger partial charge in [-0.1, -0.05) is 25.1 Å². The first-order valence-electron chi connectivity index (χ1n) is 5.85. The zero-order valence-electron chi connectivity index (χ0n) is 9.66. The fraction of sp³-hybridized carbons (Fsp3) is 0.538. The van der Waals surface area contributed by atoms with Crippen LogP contribution in [0.3, 0.4) is 0 Å². The lowest BCUT2D eigenvalue weighted by atomic mass is 10.1. The van der Waals surface area contributed by atoms with Crippen molar-refractivity contribution in [2.75, 3.05) is 25.0 Å². The highest BCUT2D eigenvalue weighted by molar-refractivity contribution is 5.57. The van der Waals surface area contributed by atoms with Crippen molar-refractivity contribution in [3.05, 3.63) is 29.8 Å². The van der Waals surface area contributed by atoms with Crippen molar-refractivity contribution < 1.29 is 0 Å². The normalized spacial score (nSPS) is 16.5. The zero-order chi connectivity index (χ0) is 10.7. The van der Waals surface area contributed by atoms with Crippen LogP contribution >= 0.6 is 0 Å². The molecule has 0 radical (unpaired) electrons. The summed E-state index contributed by atoms with van der Waals surface area (Å²) in [5.41, 5.74) is 2.94. The lowest BCUT2D eigenvalue weighted by Crippen LogP contribution is -2.38. The van der Waals surface area contributed by atoms with Crippen LogP contribution < -0.4 is 10.2 Å². The molecule has 0 saturated carbocycles. The lowest BCUT2D eigenvalue weighted by Gasteiger charge is -2.24.